The molecular weight excluding hydrogens is 536 g/mol. The van der Waals surface area contributed by atoms with Gasteiger partial charge < -0.3 is 15.0 Å². The number of rotatable bonds is 8. The maximum Gasteiger partial charge on any atom is 0.246 e. The summed E-state index contributed by atoms with van der Waals surface area (Å²) in [6.45, 7) is 5.83. The van der Waals surface area contributed by atoms with Crippen LogP contribution in [0.2, 0.25) is 0 Å². The predicted octanol–water partition coefficient (Wildman–Crippen LogP) is 5.37. The number of aromatic amines is 1. The number of carbonyl (C=O) groups excluding carboxylic acids is 2. The van der Waals surface area contributed by atoms with Crippen LogP contribution < -0.4 is 5.32 Å². The largest absolute Gasteiger partial charge is 0.381 e. The molecular formula is C31H36N6O3S. The van der Waals surface area contributed by atoms with Crippen molar-refractivity contribution in [3.05, 3.63) is 53.1 Å². The van der Waals surface area contributed by atoms with Gasteiger partial charge in [0.05, 0.1) is 11.7 Å². The summed E-state index contributed by atoms with van der Waals surface area (Å²) < 4.78 is 5.57. The van der Waals surface area contributed by atoms with Crippen LogP contribution in [0.1, 0.15) is 57.0 Å². The molecule has 2 aromatic heterocycles. The molecule has 9 nitrogen and oxygen atoms in total. The standard InChI is InChI=1S/C31H36N6O3S/c1-3-19(2)29(38)35-27(20-12-15-40-16-13-20)31(39)37-14-6-9-26(37)30-34-25(17-41-30)23-10-11-24(28-32-18-33-36-28)22-8-5-4-7-21(22)23/h4-5,7-8,10-11,17-20,26-27H,3,6,9,12-16H2,1-2H3,(H,35,38)(H,32,33,36)/t19-,26+,27+/m1/s1. The van der Waals surface area contributed by atoms with E-state index in [2.05, 4.69) is 50.1 Å². The third kappa shape index (κ3) is 5.50. The molecule has 0 saturated carbocycles. The summed E-state index contributed by atoms with van der Waals surface area (Å²) in [4.78, 5) is 38.4. The van der Waals surface area contributed by atoms with Crippen LogP contribution in [0, 0.1) is 11.8 Å². The molecule has 2 N–H and O–H groups in total. The van der Waals surface area contributed by atoms with Crippen LogP contribution in [0.15, 0.2) is 48.1 Å². The van der Waals surface area contributed by atoms with Crippen LogP contribution in [0.5, 0.6) is 0 Å². The van der Waals surface area contributed by atoms with Crippen molar-refractivity contribution in [1.82, 2.24) is 30.4 Å². The number of nitrogens with zero attached hydrogens (tertiary/aromatic N) is 4. The number of benzene rings is 2. The van der Waals surface area contributed by atoms with Crippen LogP contribution in [-0.2, 0) is 14.3 Å². The third-order valence-corrected chi connectivity index (χ3v) is 9.52. The Morgan fingerprint density at radius 2 is 1.88 bits per heavy atom. The minimum absolute atomic E-state index is 0.00895. The molecule has 0 aliphatic carbocycles. The van der Waals surface area contributed by atoms with Gasteiger partial charge in [-0.25, -0.2) is 9.97 Å². The molecule has 214 valence electrons. The lowest BCUT2D eigenvalue weighted by molar-refractivity contribution is -0.140. The van der Waals surface area contributed by atoms with Crippen molar-refractivity contribution >= 4 is 33.9 Å². The number of carbonyl (C=O) groups is 2. The first kappa shape index (κ1) is 27.5. The van der Waals surface area contributed by atoms with Gasteiger partial charge in [-0.1, -0.05) is 44.2 Å². The molecule has 0 bridgehead atoms. The number of thiazole rings is 1. The summed E-state index contributed by atoms with van der Waals surface area (Å²) in [6, 6.07) is 11.8. The van der Waals surface area contributed by atoms with Crippen molar-refractivity contribution in [2.24, 2.45) is 11.8 Å². The number of hydrogen-bond donors (Lipinski definition) is 2. The van der Waals surface area contributed by atoms with Crippen molar-refractivity contribution in [3.63, 3.8) is 0 Å². The van der Waals surface area contributed by atoms with E-state index >= 15 is 0 Å². The van der Waals surface area contributed by atoms with Gasteiger partial charge in [0, 0.05) is 42.2 Å². The first-order valence-corrected chi connectivity index (χ1v) is 15.4. The maximum atomic E-state index is 14.1. The van der Waals surface area contributed by atoms with Gasteiger partial charge in [0.2, 0.25) is 11.8 Å². The molecule has 3 atom stereocenters. The van der Waals surface area contributed by atoms with Crippen molar-refractivity contribution in [3.8, 4) is 22.6 Å². The van der Waals surface area contributed by atoms with Gasteiger partial charge in [0.25, 0.3) is 0 Å². The topological polar surface area (TPSA) is 113 Å². The maximum absolute atomic E-state index is 14.1. The Kier molecular flexibility index (Phi) is 8.11. The number of likely N-dealkylation sites (tertiary alicyclic amines) is 1. The Morgan fingerprint density at radius 1 is 1.12 bits per heavy atom. The van der Waals surface area contributed by atoms with E-state index in [1.807, 2.05) is 30.9 Å². The Hall–Kier alpha value is -3.63. The van der Waals surface area contributed by atoms with E-state index in [1.165, 1.54) is 6.33 Å². The Morgan fingerprint density at radius 3 is 2.61 bits per heavy atom. The van der Waals surface area contributed by atoms with Crippen LogP contribution in [0.4, 0.5) is 0 Å². The second kappa shape index (κ2) is 12.1. The first-order chi connectivity index (χ1) is 20.0. The summed E-state index contributed by atoms with van der Waals surface area (Å²) in [5, 5.41) is 15.3. The van der Waals surface area contributed by atoms with Crippen molar-refractivity contribution in [1.29, 1.82) is 0 Å². The van der Waals surface area contributed by atoms with Gasteiger partial charge in [0.1, 0.15) is 17.4 Å². The fourth-order valence-corrected chi connectivity index (χ4v) is 6.97. The van der Waals surface area contributed by atoms with Gasteiger partial charge in [-0.3, -0.25) is 14.7 Å². The molecule has 10 heteroatoms. The molecule has 2 saturated heterocycles. The lowest BCUT2D eigenvalue weighted by atomic mass is 9.90. The monoisotopic (exact) mass is 572 g/mol. The van der Waals surface area contributed by atoms with E-state index in [-0.39, 0.29) is 29.7 Å². The highest BCUT2D eigenvalue weighted by atomic mass is 32.1. The van der Waals surface area contributed by atoms with E-state index in [1.54, 1.807) is 11.3 Å². The quantitative estimate of drug-likeness (QED) is 0.294. The average molecular weight is 573 g/mol. The van der Waals surface area contributed by atoms with Crippen LogP contribution >= 0.6 is 11.3 Å². The summed E-state index contributed by atoms with van der Waals surface area (Å²) >= 11 is 1.60. The zero-order valence-electron chi connectivity index (χ0n) is 23.5. The molecule has 2 aliphatic rings. The number of hydrogen-bond acceptors (Lipinski definition) is 7. The lowest BCUT2D eigenvalue weighted by Crippen LogP contribution is -2.54. The third-order valence-electron chi connectivity index (χ3n) is 8.57. The SMILES string of the molecule is CC[C@@H](C)C(=O)N[C@H](C(=O)N1CCC[C@H]1c1nc(-c2ccc(-c3ncn[nH]3)c3ccccc23)cs1)C1CCOCC1. The Labute approximate surface area is 243 Å². The highest BCUT2D eigenvalue weighted by Gasteiger charge is 2.40. The molecule has 0 spiro atoms. The fourth-order valence-electron chi connectivity index (χ4n) is 6.01. The molecule has 2 aromatic carbocycles. The zero-order chi connectivity index (χ0) is 28.3. The van der Waals surface area contributed by atoms with Gasteiger partial charge >= 0.3 is 0 Å². The van der Waals surface area contributed by atoms with E-state index in [4.69, 9.17) is 9.72 Å². The second-order valence-corrected chi connectivity index (χ2v) is 11.9. The number of nitrogens with one attached hydrogen (secondary N) is 2. The summed E-state index contributed by atoms with van der Waals surface area (Å²) in [7, 11) is 0. The molecule has 2 fully saturated rings. The van der Waals surface area contributed by atoms with Gasteiger partial charge in [-0.05, 0) is 54.9 Å². The van der Waals surface area contributed by atoms with E-state index < -0.39 is 6.04 Å². The molecule has 4 heterocycles. The summed E-state index contributed by atoms with van der Waals surface area (Å²) in [6.07, 6.45) is 5.58. The molecule has 6 rings (SSSR count). The predicted molar refractivity (Wildman–Crippen MR) is 159 cm³/mol. The molecule has 0 unspecified atom stereocenters. The summed E-state index contributed by atoms with van der Waals surface area (Å²) in [5.41, 5.74) is 2.93. The fraction of sp³-hybridized carbons (Fsp3) is 0.452. The Bertz CT molecular complexity index is 1510. The number of H-pyrrole nitrogens is 1. The second-order valence-electron chi connectivity index (χ2n) is 11.0. The molecule has 41 heavy (non-hydrogen) atoms. The number of ether oxygens (including phenoxy) is 1. The normalized spacial score (nSPS) is 19.4. The van der Waals surface area contributed by atoms with E-state index in [0.717, 1.165) is 70.5 Å². The number of aromatic nitrogens is 4. The summed E-state index contributed by atoms with van der Waals surface area (Å²) in [5.74, 6) is 0.629. The van der Waals surface area contributed by atoms with E-state index in [9.17, 15) is 9.59 Å². The smallest absolute Gasteiger partial charge is 0.246 e. The molecule has 2 aliphatic heterocycles. The van der Waals surface area contributed by atoms with Crippen molar-refractivity contribution < 1.29 is 14.3 Å². The van der Waals surface area contributed by atoms with Gasteiger partial charge in [-0.15, -0.1) is 11.3 Å². The highest BCUT2D eigenvalue weighted by molar-refractivity contribution is 7.10. The van der Waals surface area contributed by atoms with Crippen molar-refractivity contribution in [2.45, 2.75) is 58.0 Å². The minimum atomic E-state index is -0.534. The van der Waals surface area contributed by atoms with Gasteiger partial charge in [0.15, 0.2) is 5.82 Å². The molecule has 0 radical (unpaired) electrons. The van der Waals surface area contributed by atoms with Crippen LogP contribution in [-0.4, -0.2) is 62.7 Å². The van der Waals surface area contributed by atoms with E-state index in [0.29, 0.717) is 19.8 Å². The van der Waals surface area contributed by atoms with Crippen LogP contribution in [0.25, 0.3) is 33.4 Å². The van der Waals surface area contributed by atoms with Crippen molar-refractivity contribution in [2.75, 3.05) is 19.8 Å². The highest BCUT2D eigenvalue weighted by Crippen LogP contribution is 2.39. The number of fused-ring (bicyclic) bond motifs is 1. The molecule has 2 amide bonds. The Balaban J connectivity index is 1.28. The average Bonchev–Trinajstić information content (AvgIpc) is 3.81. The lowest BCUT2D eigenvalue weighted by Gasteiger charge is -2.35. The first-order valence-electron chi connectivity index (χ1n) is 14.6. The van der Waals surface area contributed by atoms with Crippen LogP contribution in [0.3, 0.4) is 0 Å². The minimum Gasteiger partial charge on any atom is -0.381 e. The zero-order valence-corrected chi connectivity index (χ0v) is 24.3. The molecule has 4 aromatic rings. The van der Waals surface area contributed by atoms with Gasteiger partial charge in [-0.2, -0.15) is 5.10 Å². The number of amides is 2.